The molecule has 0 bridgehead atoms. The topological polar surface area (TPSA) is 17.8 Å². The first kappa shape index (κ1) is 17.7. The van der Waals surface area contributed by atoms with Crippen LogP contribution in [0.5, 0.6) is 0 Å². The monoisotopic (exact) mass is 394 g/mol. The Morgan fingerprint density at radius 2 is 1.62 bits per heavy atom. The Labute approximate surface area is 160 Å². The van der Waals surface area contributed by atoms with Crippen LogP contribution in [0.1, 0.15) is 5.56 Å². The van der Waals surface area contributed by atoms with E-state index in [0.717, 1.165) is 22.3 Å². The maximum atomic E-state index is 5.98. The molecule has 0 saturated heterocycles. The van der Waals surface area contributed by atoms with Crippen molar-refractivity contribution in [1.82, 2.24) is 9.55 Å². The van der Waals surface area contributed by atoms with Gasteiger partial charge in [0.15, 0.2) is 0 Å². The van der Waals surface area contributed by atoms with Crippen LogP contribution in [-0.4, -0.2) is 14.1 Å². The Morgan fingerprint density at radius 3 is 2.25 bits per heavy atom. The number of hydrogen-bond acceptors (Lipinski definition) is 3. The molecule has 0 saturated carbocycles. The average molecular weight is 395 g/mol. The van der Waals surface area contributed by atoms with Gasteiger partial charge in [-0.3, -0.25) is 0 Å². The van der Waals surface area contributed by atoms with Gasteiger partial charge in [-0.2, -0.15) is 0 Å². The van der Waals surface area contributed by atoms with E-state index in [1.807, 2.05) is 66.5 Å². The van der Waals surface area contributed by atoms with Gasteiger partial charge >= 0.3 is 0 Å². The standard InChI is InChI=1S/C18H16Cl2N2S2/c19-15-3-1-14(2-4-15)12-23-18(11-22-10-9-21-13-22)24-17-7-5-16(20)6-8-17/h1-10,13,18H,11-12H2. The highest BCUT2D eigenvalue weighted by atomic mass is 35.5. The largest absolute Gasteiger partial charge is 0.336 e. The molecule has 2 nitrogen and oxygen atoms in total. The second kappa shape index (κ2) is 8.86. The smallest absolute Gasteiger partial charge is 0.0946 e. The van der Waals surface area contributed by atoms with Crippen LogP contribution in [0.25, 0.3) is 0 Å². The van der Waals surface area contributed by atoms with Gasteiger partial charge in [0.2, 0.25) is 0 Å². The number of aromatic nitrogens is 2. The zero-order valence-corrected chi connectivity index (χ0v) is 16.0. The van der Waals surface area contributed by atoms with E-state index in [2.05, 4.69) is 33.8 Å². The Morgan fingerprint density at radius 1 is 0.958 bits per heavy atom. The predicted molar refractivity (Wildman–Crippen MR) is 106 cm³/mol. The molecule has 3 aromatic rings. The lowest BCUT2D eigenvalue weighted by atomic mass is 10.2. The van der Waals surface area contributed by atoms with Crippen molar-refractivity contribution in [3.8, 4) is 0 Å². The Hall–Kier alpha value is -1.07. The lowest BCUT2D eigenvalue weighted by molar-refractivity contribution is 0.750. The Bertz CT molecular complexity index is 744. The van der Waals surface area contributed by atoms with E-state index in [9.17, 15) is 0 Å². The van der Waals surface area contributed by atoms with Crippen LogP contribution in [0.15, 0.2) is 72.1 Å². The van der Waals surface area contributed by atoms with Crippen LogP contribution in [0.3, 0.4) is 0 Å². The zero-order valence-electron chi connectivity index (χ0n) is 12.8. The molecule has 0 spiro atoms. The molecular weight excluding hydrogens is 379 g/mol. The maximum Gasteiger partial charge on any atom is 0.0946 e. The summed E-state index contributed by atoms with van der Waals surface area (Å²) in [6, 6.07) is 16.0. The van der Waals surface area contributed by atoms with Gasteiger partial charge in [-0.25, -0.2) is 4.98 Å². The average Bonchev–Trinajstić information content (AvgIpc) is 3.09. The summed E-state index contributed by atoms with van der Waals surface area (Å²) in [6.07, 6.45) is 5.67. The molecule has 0 amide bonds. The SMILES string of the molecule is Clc1ccc(CSC(Cn2ccnc2)Sc2ccc(Cl)cc2)cc1. The van der Waals surface area contributed by atoms with E-state index >= 15 is 0 Å². The molecule has 1 heterocycles. The van der Waals surface area contributed by atoms with Crippen molar-refractivity contribution in [2.45, 2.75) is 21.8 Å². The number of thioether (sulfide) groups is 2. The fourth-order valence-corrected chi connectivity index (χ4v) is 4.88. The molecule has 0 N–H and O–H groups in total. The van der Waals surface area contributed by atoms with Crippen LogP contribution in [0.2, 0.25) is 10.0 Å². The lowest BCUT2D eigenvalue weighted by Crippen LogP contribution is -2.08. The molecule has 1 unspecified atom stereocenters. The zero-order chi connectivity index (χ0) is 16.8. The van der Waals surface area contributed by atoms with E-state index in [4.69, 9.17) is 23.2 Å². The fourth-order valence-electron chi connectivity index (χ4n) is 2.13. The van der Waals surface area contributed by atoms with Crippen LogP contribution in [-0.2, 0) is 12.3 Å². The highest BCUT2D eigenvalue weighted by Gasteiger charge is 2.12. The van der Waals surface area contributed by atoms with Gasteiger partial charge in [-0.15, -0.1) is 23.5 Å². The van der Waals surface area contributed by atoms with Crippen molar-refractivity contribution >= 4 is 46.7 Å². The molecule has 0 aliphatic heterocycles. The number of benzene rings is 2. The summed E-state index contributed by atoms with van der Waals surface area (Å²) in [5, 5.41) is 1.54. The van der Waals surface area contributed by atoms with Crippen LogP contribution in [0.4, 0.5) is 0 Å². The number of imidazole rings is 1. The normalized spacial score (nSPS) is 12.2. The summed E-state index contributed by atoms with van der Waals surface area (Å²) in [6.45, 7) is 0.894. The minimum absolute atomic E-state index is 0.371. The first-order chi connectivity index (χ1) is 11.7. The number of halogens is 2. The van der Waals surface area contributed by atoms with Crippen molar-refractivity contribution < 1.29 is 0 Å². The van der Waals surface area contributed by atoms with E-state index in [1.54, 1.807) is 0 Å². The predicted octanol–water partition coefficient (Wildman–Crippen LogP) is 6.24. The van der Waals surface area contributed by atoms with Gasteiger partial charge in [0.1, 0.15) is 0 Å². The van der Waals surface area contributed by atoms with Crippen LogP contribution in [0, 0.1) is 0 Å². The second-order valence-corrected chi connectivity index (χ2v) is 8.84. The van der Waals surface area contributed by atoms with Gasteiger partial charge in [0, 0.05) is 39.6 Å². The molecule has 0 aliphatic rings. The molecule has 124 valence electrons. The summed E-state index contributed by atoms with van der Waals surface area (Å²) < 4.78 is 2.48. The number of hydrogen-bond donors (Lipinski definition) is 0. The Balaban J connectivity index is 1.66. The van der Waals surface area contributed by atoms with Crippen LogP contribution >= 0.6 is 46.7 Å². The first-order valence-electron chi connectivity index (χ1n) is 7.43. The summed E-state index contributed by atoms with van der Waals surface area (Å²) >= 11 is 15.7. The molecule has 1 atom stereocenters. The third kappa shape index (κ3) is 5.49. The summed E-state index contributed by atoms with van der Waals surface area (Å²) in [7, 11) is 0. The van der Waals surface area contributed by atoms with E-state index < -0.39 is 0 Å². The maximum absolute atomic E-state index is 5.98. The van der Waals surface area contributed by atoms with Gasteiger partial charge in [0.05, 0.1) is 10.9 Å². The molecule has 6 heteroatoms. The van der Waals surface area contributed by atoms with Crippen molar-refractivity contribution in [2.75, 3.05) is 0 Å². The molecule has 24 heavy (non-hydrogen) atoms. The molecule has 1 aromatic heterocycles. The van der Waals surface area contributed by atoms with E-state index in [0.29, 0.717) is 4.58 Å². The van der Waals surface area contributed by atoms with Gasteiger partial charge in [-0.05, 0) is 42.0 Å². The fraction of sp³-hybridized carbons (Fsp3) is 0.167. The van der Waals surface area contributed by atoms with Crippen molar-refractivity contribution in [1.29, 1.82) is 0 Å². The first-order valence-corrected chi connectivity index (χ1v) is 10.1. The van der Waals surface area contributed by atoms with E-state index in [1.165, 1.54) is 10.5 Å². The molecule has 0 fully saturated rings. The van der Waals surface area contributed by atoms with Gasteiger partial charge < -0.3 is 4.57 Å². The van der Waals surface area contributed by atoms with Gasteiger partial charge in [0.25, 0.3) is 0 Å². The third-order valence-corrected chi connectivity index (χ3v) is 6.53. The highest BCUT2D eigenvalue weighted by Crippen LogP contribution is 2.34. The minimum Gasteiger partial charge on any atom is -0.336 e. The molecule has 0 radical (unpaired) electrons. The molecule has 2 aromatic carbocycles. The molecular formula is C18H16Cl2N2S2. The quantitative estimate of drug-likeness (QED) is 0.348. The van der Waals surface area contributed by atoms with Crippen molar-refractivity contribution in [3.05, 3.63) is 82.9 Å². The third-order valence-electron chi connectivity index (χ3n) is 3.35. The summed E-state index contributed by atoms with van der Waals surface area (Å²) in [4.78, 5) is 5.35. The van der Waals surface area contributed by atoms with Gasteiger partial charge in [-0.1, -0.05) is 35.3 Å². The number of rotatable bonds is 7. The van der Waals surface area contributed by atoms with Crippen LogP contribution < -0.4 is 0 Å². The summed E-state index contributed by atoms with van der Waals surface area (Å²) in [5.74, 6) is 0.942. The Kier molecular flexibility index (Phi) is 6.55. The van der Waals surface area contributed by atoms with E-state index in [-0.39, 0.29) is 0 Å². The van der Waals surface area contributed by atoms with Crippen molar-refractivity contribution in [3.63, 3.8) is 0 Å². The molecule has 3 rings (SSSR count). The minimum atomic E-state index is 0.371. The summed E-state index contributed by atoms with van der Waals surface area (Å²) in [5.41, 5.74) is 1.27. The second-order valence-electron chi connectivity index (χ2n) is 5.20. The highest BCUT2D eigenvalue weighted by molar-refractivity contribution is 8.16. The van der Waals surface area contributed by atoms with Crippen molar-refractivity contribution in [2.24, 2.45) is 0 Å². The lowest BCUT2D eigenvalue weighted by Gasteiger charge is -2.17. The molecule has 0 aliphatic carbocycles. The number of nitrogens with zero attached hydrogens (tertiary/aromatic N) is 2.